The Balaban J connectivity index is 1.64. The number of hydrogen-bond donors (Lipinski definition) is 2. The molecule has 1 amide bonds. The van der Waals surface area contributed by atoms with Crippen LogP contribution in [-0.4, -0.2) is 18.2 Å². The summed E-state index contributed by atoms with van der Waals surface area (Å²) in [4.78, 5) is 11.6. The molecule has 0 atom stereocenters. The molecule has 0 saturated heterocycles. The molecule has 0 radical (unpaired) electrons. The molecule has 0 bridgehead atoms. The number of carbonyl (C=O) groups is 1. The molecule has 0 aromatic carbocycles. The Bertz CT molecular complexity index is 344. The van der Waals surface area contributed by atoms with Gasteiger partial charge in [0.05, 0.1) is 6.26 Å². The molecule has 1 fully saturated rings. The van der Waals surface area contributed by atoms with Gasteiger partial charge in [0.15, 0.2) is 0 Å². The molecule has 1 aromatic rings. The van der Waals surface area contributed by atoms with Crippen molar-refractivity contribution in [1.29, 1.82) is 0 Å². The molecule has 1 aromatic heterocycles. The predicted octanol–water partition coefficient (Wildman–Crippen LogP) is 2.04. The van der Waals surface area contributed by atoms with Crippen LogP contribution in [-0.2, 0) is 11.2 Å². The van der Waals surface area contributed by atoms with E-state index in [1.807, 2.05) is 12.1 Å². The van der Waals surface area contributed by atoms with E-state index in [4.69, 9.17) is 4.42 Å². The summed E-state index contributed by atoms with van der Waals surface area (Å²) in [5.41, 5.74) is 0.206. The van der Waals surface area contributed by atoms with Gasteiger partial charge in [-0.05, 0) is 36.1 Å². The number of furan rings is 1. The third-order valence-corrected chi connectivity index (χ3v) is 3.77. The Morgan fingerprint density at radius 2 is 2.38 bits per heavy atom. The van der Waals surface area contributed by atoms with E-state index in [0.29, 0.717) is 13.0 Å². The van der Waals surface area contributed by atoms with Gasteiger partial charge < -0.3 is 9.73 Å². The molecule has 4 heteroatoms. The average molecular weight is 239 g/mol. The normalized spacial score (nSPS) is 17.1. The van der Waals surface area contributed by atoms with Crippen LogP contribution in [0, 0.1) is 5.41 Å². The highest BCUT2D eigenvalue weighted by molar-refractivity contribution is 7.80. The third-order valence-electron chi connectivity index (χ3n) is 3.10. The molecule has 3 nitrogen and oxygen atoms in total. The summed E-state index contributed by atoms with van der Waals surface area (Å²) < 4.78 is 5.19. The second-order valence-electron chi connectivity index (χ2n) is 4.51. The zero-order chi connectivity index (χ0) is 11.4. The highest BCUT2D eigenvalue weighted by Crippen LogP contribution is 2.49. The zero-order valence-electron chi connectivity index (χ0n) is 9.24. The fraction of sp³-hybridized carbons (Fsp3) is 0.583. The molecule has 0 unspecified atom stereocenters. The Morgan fingerprint density at radius 3 is 2.94 bits per heavy atom. The van der Waals surface area contributed by atoms with Crippen molar-refractivity contribution in [1.82, 2.24) is 5.32 Å². The van der Waals surface area contributed by atoms with Gasteiger partial charge in [0.1, 0.15) is 5.76 Å². The van der Waals surface area contributed by atoms with Crippen molar-refractivity contribution in [3.8, 4) is 0 Å². The van der Waals surface area contributed by atoms with Gasteiger partial charge >= 0.3 is 0 Å². The quantitative estimate of drug-likeness (QED) is 0.746. The van der Waals surface area contributed by atoms with E-state index in [-0.39, 0.29) is 11.3 Å². The third kappa shape index (κ3) is 3.04. The van der Waals surface area contributed by atoms with Gasteiger partial charge in [0, 0.05) is 19.4 Å². The lowest BCUT2D eigenvalue weighted by Gasteiger charge is -2.11. The van der Waals surface area contributed by atoms with E-state index >= 15 is 0 Å². The number of carbonyl (C=O) groups excluding carboxylic acids is 1. The van der Waals surface area contributed by atoms with Gasteiger partial charge in [-0.1, -0.05) is 0 Å². The van der Waals surface area contributed by atoms with E-state index in [1.165, 1.54) is 0 Å². The van der Waals surface area contributed by atoms with E-state index < -0.39 is 0 Å². The highest BCUT2D eigenvalue weighted by Gasteiger charge is 2.42. The van der Waals surface area contributed by atoms with Crippen LogP contribution in [0.25, 0.3) is 0 Å². The van der Waals surface area contributed by atoms with E-state index in [1.54, 1.807) is 6.26 Å². The molecule has 0 aliphatic heterocycles. The maximum atomic E-state index is 11.6. The smallest absolute Gasteiger partial charge is 0.220 e. The average Bonchev–Trinajstić information content (AvgIpc) is 2.85. The van der Waals surface area contributed by atoms with E-state index in [2.05, 4.69) is 17.9 Å². The summed E-state index contributed by atoms with van der Waals surface area (Å²) in [6.07, 6.45) is 5.31. The molecule has 16 heavy (non-hydrogen) atoms. The lowest BCUT2D eigenvalue weighted by molar-refractivity contribution is -0.122. The Kier molecular flexibility index (Phi) is 3.59. The minimum absolute atomic E-state index is 0.137. The van der Waals surface area contributed by atoms with Crippen LogP contribution in [0.4, 0.5) is 0 Å². The van der Waals surface area contributed by atoms with Crippen LogP contribution < -0.4 is 5.32 Å². The van der Waals surface area contributed by atoms with Crippen LogP contribution in [0.3, 0.4) is 0 Å². The van der Waals surface area contributed by atoms with Gasteiger partial charge in [-0.15, -0.1) is 0 Å². The summed E-state index contributed by atoms with van der Waals surface area (Å²) >= 11 is 4.28. The first kappa shape index (κ1) is 11.6. The first-order valence-electron chi connectivity index (χ1n) is 5.64. The molecular formula is C12H17NO2S. The molecule has 1 saturated carbocycles. The monoisotopic (exact) mass is 239 g/mol. The summed E-state index contributed by atoms with van der Waals surface area (Å²) in [6, 6.07) is 3.78. The second-order valence-corrected chi connectivity index (χ2v) is 4.83. The van der Waals surface area contributed by atoms with Crippen LogP contribution in [0.15, 0.2) is 22.8 Å². The summed E-state index contributed by atoms with van der Waals surface area (Å²) in [5.74, 6) is 1.87. The molecule has 1 aliphatic carbocycles. The Morgan fingerprint density at radius 1 is 1.56 bits per heavy atom. The first-order chi connectivity index (χ1) is 7.74. The van der Waals surface area contributed by atoms with Crippen molar-refractivity contribution in [3.63, 3.8) is 0 Å². The molecule has 1 heterocycles. The number of thiol groups is 1. The molecule has 2 rings (SSSR count). The maximum Gasteiger partial charge on any atom is 0.220 e. The summed E-state index contributed by atoms with van der Waals surface area (Å²) in [7, 11) is 0. The van der Waals surface area contributed by atoms with Crippen LogP contribution >= 0.6 is 12.6 Å². The van der Waals surface area contributed by atoms with Gasteiger partial charge in [-0.2, -0.15) is 12.6 Å². The van der Waals surface area contributed by atoms with Crippen molar-refractivity contribution in [2.24, 2.45) is 5.41 Å². The molecule has 88 valence electrons. The number of hydrogen-bond acceptors (Lipinski definition) is 3. The largest absolute Gasteiger partial charge is 0.469 e. The summed E-state index contributed by atoms with van der Waals surface area (Å²) in [5, 5.41) is 2.92. The predicted molar refractivity (Wildman–Crippen MR) is 65.6 cm³/mol. The van der Waals surface area contributed by atoms with Crippen molar-refractivity contribution in [3.05, 3.63) is 24.2 Å². The van der Waals surface area contributed by atoms with Gasteiger partial charge in [-0.3, -0.25) is 4.79 Å². The standard InChI is InChI=1S/C12H17NO2S/c14-11(8-12(9-16)4-5-12)13-6-3-10-2-1-7-15-10/h1-2,7,16H,3-6,8-9H2,(H,13,14). The SMILES string of the molecule is O=C(CC1(CS)CC1)NCCc1ccco1. The van der Waals surface area contributed by atoms with Gasteiger partial charge in [0.2, 0.25) is 5.91 Å². The van der Waals surface area contributed by atoms with E-state index in [9.17, 15) is 4.79 Å². The Labute approximate surface area is 101 Å². The highest BCUT2D eigenvalue weighted by atomic mass is 32.1. The van der Waals surface area contributed by atoms with Crippen molar-refractivity contribution in [2.75, 3.05) is 12.3 Å². The lowest BCUT2D eigenvalue weighted by atomic mass is 10.1. The van der Waals surface area contributed by atoms with Gasteiger partial charge in [-0.25, -0.2) is 0 Å². The fourth-order valence-corrected chi connectivity index (χ4v) is 2.18. The number of nitrogens with one attached hydrogen (secondary N) is 1. The van der Waals surface area contributed by atoms with Crippen molar-refractivity contribution >= 4 is 18.5 Å². The minimum atomic E-state index is 0.137. The fourth-order valence-electron chi connectivity index (χ4n) is 1.75. The Hall–Kier alpha value is -0.900. The van der Waals surface area contributed by atoms with Crippen LogP contribution in [0.5, 0.6) is 0 Å². The number of amides is 1. The van der Waals surface area contributed by atoms with Crippen LogP contribution in [0.1, 0.15) is 25.0 Å². The molecule has 0 spiro atoms. The maximum absolute atomic E-state index is 11.6. The van der Waals surface area contributed by atoms with Crippen molar-refractivity contribution < 1.29 is 9.21 Å². The minimum Gasteiger partial charge on any atom is -0.469 e. The van der Waals surface area contributed by atoms with Crippen molar-refractivity contribution in [2.45, 2.75) is 25.7 Å². The molecule has 1 aliphatic rings. The lowest BCUT2D eigenvalue weighted by Crippen LogP contribution is -2.28. The van der Waals surface area contributed by atoms with E-state index in [0.717, 1.165) is 30.8 Å². The van der Waals surface area contributed by atoms with Crippen LogP contribution in [0.2, 0.25) is 0 Å². The summed E-state index contributed by atoms with van der Waals surface area (Å²) in [6.45, 7) is 0.648. The zero-order valence-corrected chi connectivity index (χ0v) is 10.1. The topological polar surface area (TPSA) is 42.2 Å². The molecule has 1 N–H and O–H groups in total. The number of rotatable bonds is 6. The first-order valence-corrected chi connectivity index (χ1v) is 6.27. The second kappa shape index (κ2) is 4.95. The molecular weight excluding hydrogens is 222 g/mol. The van der Waals surface area contributed by atoms with Gasteiger partial charge in [0.25, 0.3) is 0 Å².